The summed E-state index contributed by atoms with van der Waals surface area (Å²) >= 11 is 5.88. The summed E-state index contributed by atoms with van der Waals surface area (Å²) in [6, 6.07) is 2.79. The number of hydrogen-bond acceptors (Lipinski definition) is 1. The summed E-state index contributed by atoms with van der Waals surface area (Å²) in [6.07, 6.45) is -3.77. The summed E-state index contributed by atoms with van der Waals surface area (Å²) in [4.78, 5) is 0. The van der Waals surface area contributed by atoms with E-state index >= 15 is 0 Å². The minimum absolute atomic E-state index is 0.283. The van der Waals surface area contributed by atoms with Crippen molar-refractivity contribution in [2.45, 2.75) is 32.5 Å². The van der Waals surface area contributed by atoms with E-state index in [0.29, 0.717) is 17.9 Å². The molecule has 1 aromatic rings. The van der Waals surface area contributed by atoms with Gasteiger partial charge in [-0.05, 0) is 36.1 Å². The van der Waals surface area contributed by atoms with Crippen LogP contribution >= 0.6 is 11.6 Å². The van der Waals surface area contributed by atoms with Crippen molar-refractivity contribution in [3.05, 3.63) is 34.3 Å². The summed E-state index contributed by atoms with van der Waals surface area (Å²) < 4.78 is 37.6. The van der Waals surface area contributed by atoms with Crippen LogP contribution in [0, 0.1) is 5.92 Å². The zero-order chi connectivity index (χ0) is 13.2. The van der Waals surface area contributed by atoms with Gasteiger partial charge < -0.3 is 5.73 Å². The summed E-state index contributed by atoms with van der Waals surface area (Å²) in [5, 5.41) is 0.283. The zero-order valence-corrected chi connectivity index (χ0v) is 10.4. The second kappa shape index (κ2) is 5.27. The monoisotopic (exact) mass is 265 g/mol. The van der Waals surface area contributed by atoms with Crippen LogP contribution in [-0.2, 0) is 6.18 Å². The largest absolute Gasteiger partial charge is 0.416 e. The summed E-state index contributed by atoms with van der Waals surface area (Å²) in [6.45, 7) is 3.92. The normalized spacial score (nSPS) is 14.1. The Hall–Kier alpha value is -0.740. The Balaban J connectivity index is 3.06. The molecule has 0 aliphatic rings. The summed E-state index contributed by atoms with van der Waals surface area (Å²) in [7, 11) is 0. The van der Waals surface area contributed by atoms with Gasteiger partial charge in [0.1, 0.15) is 0 Å². The van der Waals surface area contributed by atoms with Crippen LogP contribution in [0.5, 0.6) is 0 Å². The average molecular weight is 266 g/mol. The maximum atomic E-state index is 12.5. The highest BCUT2D eigenvalue weighted by atomic mass is 35.5. The Morgan fingerprint density at radius 3 is 2.35 bits per heavy atom. The quantitative estimate of drug-likeness (QED) is 0.861. The molecule has 0 aromatic heterocycles. The van der Waals surface area contributed by atoms with Crippen LogP contribution in [0.4, 0.5) is 13.2 Å². The number of halogens is 4. The van der Waals surface area contributed by atoms with Crippen LogP contribution in [0.2, 0.25) is 5.02 Å². The van der Waals surface area contributed by atoms with E-state index in [2.05, 4.69) is 0 Å². The average Bonchev–Trinajstić information content (AvgIpc) is 2.15. The van der Waals surface area contributed by atoms with Crippen molar-refractivity contribution in [1.82, 2.24) is 0 Å². The molecule has 1 aromatic carbocycles. The molecule has 0 aliphatic heterocycles. The molecule has 0 spiro atoms. The van der Waals surface area contributed by atoms with Crippen LogP contribution in [0.3, 0.4) is 0 Å². The van der Waals surface area contributed by atoms with Crippen LogP contribution in [0.1, 0.15) is 37.4 Å². The topological polar surface area (TPSA) is 26.0 Å². The second-order valence-corrected chi connectivity index (χ2v) is 4.88. The molecule has 0 fully saturated rings. The van der Waals surface area contributed by atoms with E-state index in [1.807, 2.05) is 13.8 Å². The van der Waals surface area contributed by atoms with Crippen molar-refractivity contribution in [3.8, 4) is 0 Å². The Labute approximate surface area is 104 Å². The summed E-state index contributed by atoms with van der Waals surface area (Å²) in [5.74, 6) is 0.301. The van der Waals surface area contributed by atoms with Gasteiger partial charge in [0.05, 0.1) is 5.56 Å². The van der Waals surface area contributed by atoms with Crippen molar-refractivity contribution in [2.24, 2.45) is 11.7 Å². The van der Waals surface area contributed by atoms with Gasteiger partial charge in [-0.25, -0.2) is 0 Å². The molecule has 1 atom stereocenters. The van der Waals surface area contributed by atoms with E-state index in [1.54, 1.807) is 0 Å². The molecule has 0 amide bonds. The molecule has 0 heterocycles. The lowest BCUT2D eigenvalue weighted by Gasteiger charge is -2.17. The number of benzene rings is 1. The van der Waals surface area contributed by atoms with Gasteiger partial charge in [0.25, 0.3) is 0 Å². The van der Waals surface area contributed by atoms with E-state index in [1.165, 1.54) is 6.07 Å². The van der Waals surface area contributed by atoms with Gasteiger partial charge in [-0.1, -0.05) is 25.4 Å². The Kier molecular flexibility index (Phi) is 4.44. The van der Waals surface area contributed by atoms with Crippen molar-refractivity contribution < 1.29 is 13.2 Å². The molecular formula is C12H15ClF3N. The van der Waals surface area contributed by atoms with Crippen LogP contribution in [0.25, 0.3) is 0 Å². The first-order valence-electron chi connectivity index (χ1n) is 5.34. The van der Waals surface area contributed by atoms with Crippen molar-refractivity contribution >= 4 is 11.6 Å². The number of nitrogens with two attached hydrogens (primary N) is 1. The minimum Gasteiger partial charge on any atom is -0.324 e. The Bertz CT molecular complexity index is 388. The fraction of sp³-hybridized carbons (Fsp3) is 0.500. The van der Waals surface area contributed by atoms with Crippen molar-refractivity contribution in [3.63, 3.8) is 0 Å². The molecule has 2 N–H and O–H groups in total. The third-order valence-corrected chi connectivity index (χ3v) is 2.79. The van der Waals surface area contributed by atoms with Gasteiger partial charge >= 0.3 is 6.18 Å². The highest BCUT2D eigenvalue weighted by molar-refractivity contribution is 6.31. The smallest absolute Gasteiger partial charge is 0.324 e. The molecule has 17 heavy (non-hydrogen) atoms. The second-order valence-electron chi connectivity index (χ2n) is 4.47. The zero-order valence-electron chi connectivity index (χ0n) is 9.68. The van der Waals surface area contributed by atoms with E-state index in [9.17, 15) is 13.2 Å². The van der Waals surface area contributed by atoms with E-state index in [0.717, 1.165) is 12.1 Å². The van der Waals surface area contributed by atoms with Crippen LogP contribution in [-0.4, -0.2) is 0 Å². The summed E-state index contributed by atoms with van der Waals surface area (Å²) in [5.41, 5.74) is 5.50. The van der Waals surface area contributed by atoms with Gasteiger partial charge in [-0.2, -0.15) is 13.2 Å². The molecule has 0 radical (unpaired) electrons. The van der Waals surface area contributed by atoms with Gasteiger partial charge in [0, 0.05) is 11.1 Å². The number of alkyl halides is 3. The maximum absolute atomic E-state index is 12.5. The molecule has 0 saturated heterocycles. The van der Waals surface area contributed by atoms with E-state index < -0.39 is 17.8 Å². The number of rotatable bonds is 3. The lowest BCUT2D eigenvalue weighted by molar-refractivity contribution is -0.137. The molecule has 96 valence electrons. The predicted octanol–water partition coefficient (Wildman–Crippen LogP) is 4.40. The maximum Gasteiger partial charge on any atom is 0.416 e. The third kappa shape index (κ3) is 3.89. The van der Waals surface area contributed by atoms with Gasteiger partial charge in [-0.3, -0.25) is 0 Å². The molecule has 0 aliphatic carbocycles. The molecule has 5 heteroatoms. The van der Waals surface area contributed by atoms with Crippen molar-refractivity contribution in [2.75, 3.05) is 0 Å². The lowest BCUT2D eigenvalue weighted by Crippen LogP contribution is -2.15. The molecular weight excluding hydrogens is 251 g/mol. The first-order valence-corrected chi connectivity index (χ1v) is 5.72. The molecule has 1 rings (SSSR count). The fourth-order valence-corrected chi connectivity index (χ4v) is 1.90. The first kappa shape index (κ1) is 14.3. The van der Waals surface area contributed by atoms with E-state index in [-0.39, 0.29) is 5.02 Å². The SMILES string of the molecule is CC(C)C[C@@H](N)c1cc(C(F)(F)F)ccc1Cl. The van der Waals surface area contributed by atoms with E-state index in [4.69, 9.17) is 17.3 Å². The standard InChI is InChI=1S/C12H15ClF3N/c1-7(2)5-11(17)9-6-8(12(14,15)16)3-4-10(9)13/h3-4,6-7,11H,5,17H2,1-2H3/t11-/m1/s1. The Morgan fingerprint density at radius 1 is 1.29 bits per heavy atom. The molecule has 0 bridgehead atoms. The molecule has 1 nitrogen and oxygen atoms in total. The fourth-order valence-electron chi connectivity index (χ4n) is 1.64. The highest BCUT2D eigenvalue weighted by Crippen LogP contribution is 2.34. The number of hydrogen-bond donors (Lipinski definition) is 1. The molecule has 0 unspecified atom stereocenters. The predicted molar refractivity (Wildman–Crippen MR) is 62.8 cm³/mol. The van der Waals surface area contributed by atoms with Gasteiger partial charge in [0.2, 0.25) is 0 Å². The molecule has 0 saturated carbocycles. The third-order valence-electron chi connectivity index (χ3n) is 2.45. The highest BCUT2D eigenvalue weighted by Gasteiger charge is 2.31. The minimum atomic E-state index is -4.36. The van der Waals surface area contributed by atoms with Crippen LogP contribution in [0.15, 0.2) is 18.2 Å². The van der Waals surface area contributed by atoms with Gasteiger partial charge in [0.15, 0.2) is 0 Å². The van der Waals surface area contributed by atoms with Crippen molar-refractivity contribution in [1.29, 1.82) is 0 Å². The Morgan fingerprint density at radius 2 is 1.88 bits per heavy atom. The van der Waals surface area contributed by atoms with Crippen LogP contribution < -0.4 is 5.73 Å². The van der Waals surface area contributed by atoms with Gasteiger partial charge in [-0.15, -0.1) is 0 Å². The first-order chi connectivity index (χ1) is 7.71. The lowest BCUT2D eigenvalue weighted by atomic mass is 9.96.